The van der Waals surface area contributed by atoms with Crippen LogP contribution in [0.15, 0.2) is 88.0 Å². The summed E-state index contributed by atoms with van der Waals surface area (Å²) in [5, 5.41) is 38.8. The van der Waals surface area contributed by atoms with E-state index in [1.165, 1.54) is 0 Å². The van der Waals surface area contributed by atoms with E-state index >= 15 is 0 Å². The minimum Gasteiger partial charge on any atom is -0.494 e. The number of aliphatic imine (C=N–C) groups is 1. The van der Waals surface area contributed by atoms with E-state index in [1.807, 2.05) is 0 Å². The van der Waals surface area contributed by atoms with Crippen molar-refractivity contribution in [1.29, 1.82) is 0 Å². The molecule has 14 heteroatoms. The minimum absolute atomic E-state index is 0.00180. The molecule has 4 N–H and O–H groups in total. The van der Waals surface area contributed by atoms with Crippen LogP contribution in [0.5, 0.6) is 5.75 Å². The highest BCUT2D eigenvalue weighted by atomic mass is 16.5. The summed E-state index contributed by atoms with van der Waals surface area (Å²) < 4.78 is 12.0. The van der Waals surface area contributed by atoms with Gasteiger partial charge in [0.1, 0.15) is 5.75 Å². The first kappa shape index (κ1) is 30.8. The second-order valence-electron chi connectivity index (χ2n) is 9.57. The van der Waals surface area contributed by atoms with Crippen molar-refractivity contribution in [2.75, 3.05) is 26.4 Å². The smallest absolute Gasteiger partial charge is 0.253 e. The molecule has 0 bridgehead atoms. The van der Waals surface area contributed by atoms with Crippen molar-refractivity contribution in [1.82, 2.24) is 5.32 Å². The van der Waals surface area contributed by atoms with Gasteiger partial charge in [-0.1, -0.05) is 58.8 Å². The molecule has 0 radical (unpaired) electrons. The Morgan fingerprint density at radius 3 is 2.30 bits per heavy atom. The third-order valence-corrected chi connectivity index (χ3v) is 6.78. The second kappa shape index (κ2) is 14.7. The van der Waals surface area contributed by atoms with Crippen molar-refractivity contribution < 1.29 is 29.6 Å². The summed E-state index contributed by atoms with van der Waals surface area (Å²) in [6.45, 7) is -0.746. The number of hydrogen-bond acceptors (Lipinski definition) is 9. The topological polar surface area (TPSA) is 218 Å². The normalized spacial score (nSPS) is 17.3. The predicted octanol–water partition coefficient (Wildman–Crippen LogP) is 4.30. The van der Waals surface area contributed by atoms with Gasteiger partial charge >= 0.3 is 0 Å². The molecule has 43 heavy (non-hydrogen) atoms. The summed E-state index contributed by atoms with van der Waals surface area (Å²) in [6.07, 6.45) is -0.804. The molecule has 0 aromatic heterocycles. The Labute approximate surface area is 246 Å². The molecule has 1 aliphatic rings. The van der Waals surface area contributed by atoms with Gasteiger partial charge in [-0.05, 0) is 40.9 Å². The largest absolute Gasteiger partial charge is 0.494 e. The van der Waals surface area contributed by atoms with Gasteiger partial charge in [0.2, 0.25) is 5.90 Å². The number of carbonyl (C=O) groups excluding carboxylic acids is 1. The lowest BCUT2D eigenvalue weighted by Gasteiger charge is -2.32. The first-order chi connectivity index (χ1) is 21.0. The third-order valence-electron chi connectivity index (χ3n) is 6.78. The SMILES string of the molecule is [N-]=[N+]=Nc1ccccc1C[C@@]1(C(=O)NC(CO)CO)N=C(c2ccc(OCCCO)cc2)O[C@@H]1c1ccccc1N=[N+]=[N-]. The van der Waals surface area contributed by atoms with Crippen LogP contribution < -0.4 is 10.1 Å². The van der Waals surface area contributed by atoms with Gasteiger partial charge in [0, 0.05) is 51.8 Å². The lowest BCUT2D eigenvalue weighted by atomic mass is 9.81. The molecule has 222 valence electrons. The molecule has 3 aromatic carbocycles. The van der Waals surface area contributed by atoms with Gasteiger partial charge in [-0.25, -0.2) is 4.99 Å². The number of azide groups is 2. The van der Waals surface area contributed by atoms with Gasteiger partial charge in [0.25, 0.3) is 5.91 Å². The zero-order valence-corrected chi connectivity index (χ0v) is 23.0. The van der Waals surface area contributed by atoms with Gasteiger partial charge in [0.15, 0.2) is 11.6 Å². The molecule has 0 fully saturated rings. The lowest BCUT2D eigenvalue weighted by Crippen LogP contribution is -2.54. The Morgan fingerprint density at radius 1 is 0.977 bits per heavy atom. The summed E-state index contributed by atoms with van der Waals surface area (Å²) >= 11 is 0. The zero-order chi connectivity index (χ0) is 30.7. The first-order valence-electron chi connectivity index (χ1n) is 13.4. The van der Waals surface area contributed by atoms with E-state index in [-0.39, 0.29) is 30.3 Å². The highest BCUT2D eigenvalue weighted by Crippen LogP contribution is 2.46. The summed E-state index contributed by atoms with van der Waals surface area (Å²) in [5.74, 6) is -0.0262. The van der Waals surface area contributed by atoms with Gasteiger partial charge in [0.05, 0.1) is 25.9 Å². The quantitative estimate of drug-likeness (QED) is 0.0933. The molecule has 1 amide bonds. The number of carbonyl (C=O) groups is 1. The molecule has 1 heterocycles. The number of hydrogen-bond donors (Lipinski definition) is 4. The van der Waals surface area contributed by atoms with Crippen molar-refractivity contribution in [2.45, 2.75) is 30.5 Å². The van der Waals surface area contributed by atoms with Gasteiger partial charge in [-0.3, -0.25) is 4.79 Å². The fourth-order valence-corrected chi connectivity index (χ4v) is 4.66. The molecule has 0 aliphatic carbocycles. The van der Waals surface area contributed by atoms with Crippen LogP contribution in [0.2, 0.25) is 0 Å². The van der Waals surface area contributed by atoms with Crippen LogP contribution in [0.3, 0.4) is 0 Å². The first-order valence-corrected chi connectivity index (χ1v) is 13.4. The number of ether oxygens (including phenoxy) is 2. The maximum atomic E-state index is 14.2. The maximum Gasteiger partial charge on any atom is 0.253 e. The average Bonchev–Trinajstić information content (AvgIpc) is 3.42. The predicted molar refractivity (Wildman–Crippen MR) is 157 cm³/mol. The average molecular weight is 587 g/mol. The number of amides is 1. The van der Waals surface area contributed by atoms with E-state index in [0.29, 0.717) is 35.5 Å². The van der Waals surface area contributed by atoms with Crippen LogP contribution in [0, 0.1) is 0 Å². The van der Waals surface area contributed by atoms with Crippen LogP contribution in [0.4, 0.5) is 11.4 Å². The number of aliphatic hydroxyl groups is 3. The zero-order valence-electron chi connectivity index (χ0n) is 23.0. The summed E-state index contributed by atoms with van der Waals surface area (Å²) in [4.78, 5) is 24.9. The van der Waals surface area contributed by atoms with Crippen molar-refractivity contribution in [2.24, 2.45) is 15.2 Å². The Morgan fingerprint density at radius 2 is 1.63 bits per heavy atom. The molecule has 0 saturated carbocycles. The molecular formula is C29H30N8O6. The van der Waals surface area contributed by atoms with Crippen LogP contribution in [-0.2, 0) is 16.0 Å². The van der Waals surface area contributed by atoms with E-state index in [1.54, 1.807) is 72.8 Å². The summed E-state index contributed by atoms with van der Waals surface area (Å²) in [6, 6.07) is 19.1. The minimum atomic E-state index is -1.78. The van der Waals surface area contributed by atoms with E-state index in [2.05, 4.69) is 25.4 Å². The van der Waals surface area contributed by atoms with Gasteiger partial charge in [-0.2, -0.15) is 0 Å². The third kappa shape index (κ3) is 7.04. The Bertz CT molecular complexity index is 1550. The maximum absolute atomic E-state index is 14.2. The molecule has 2 atom stereocenters. The van der Waals surface area contributed by atoms with Crippen molar-refractivity contribution in [3.8, 4) is 5.75 Å². The van der Waals surface area contributed by atoms with E-state index in [4.69, 9.17) is 25.1 Å². The second-order valence-corrected chi connectivity index (χ2v) is 9.57. The fourth-order valence-electron chi connectivity index (χ4n) is 4.66. The highest BCUT2D eigenvalue weighted by molar-refractivity contribution is 6.01. The van der Waals surface area contributed by atoms with E-state index in [0.717, 1.165) is 0 Å². The summed E-state index contributed by atoms with van der Waals surface area (Å²) in [7, 11) is 0. The van der Waals surface area contributed by atoms with E-state index in [9.17, 15) is 20.5 Å². The Kier molecular flexibility index (Phi) is 10.5. The number of rotatable bonds is 14. The van der Waals surface area contributed by atoms with Crippen LogP contribution >= 0.6 is 0 Å². The number of nitrogens with one attached hydrogen (secondary N) is 1. The molecule has 4 rings (SSSR count). The molecule has 14 nitrogen and oxygen atoms in total. The molecule has 0 saturated heterocycles. The van der Waals surface area contributed by atoms with Gasteiger partial charge in [-0.15, -0.1) is 0 Å². The van der Waals surface area contributed by atoms with Gasteiger partial charge < -0.3 is 30.1 Å². The number of aliphatic hydroxyl groups excluding tert-OH is 3. The Balaban J connectivity index is 1.90. The number of benzene rings is 3. The van der Waals surface area contributed by atoms with Crippen LogP contribution in [0.25, 0.3) is 20.9 Å². The lowest BCUT2D eigenvalue weighted by molar-refractivity contribution is -0.130. The molecule has 0 spiro atoms. The van der Waals surface area contributed by atoms with Crippen LogP contribution in [-0.4, -0.2) is 65.1 Å². The summed E-state index contributed by atoms with van der Waals surface area (Å²) in [5.41, 5.74) is 18.5. The number of nitrogens with zero attached hydrogens (tertiary/aromatic N) is 7. The highest BCUT2D eigenvalue weighted by Gasteiger charge is 2.54. The fraction of sp³-hybridized carbons (Fsp3) is 0.310. The molecule has 1 aliphatic heterocycles. The van der Waals surface area contributed by atoms with Crippen molar-refractivity contribution in [3.63, 3.8) is 0 Å². The van der Waals surface area contributed by atoms with Crippen molar-refractivity contribution >= 4 is 23.2 Å². The molecule has 0 unspecified atom stereocenters. The standard InChI is InChI=1S/C29H30N8O6/c30-36-34-24-8-3-1-6-20(24)16-29(28(41)32-21(17-39)18-40)26(23-7-2-4-9-25(23)35-37-31)43-27(33-29)19-10-12-22(13-11-19)42-15-5-14-38/h1-4,6-13,21,26,38-40H,5,14-18H2,(H,32,41)/t26-,29-/m1/s1. The van der Waals surface area contributed by atoms with E-state index < -0.39 is 36.8 Å². The monoisotopic (exact) mass is 586 g/mol. The van der Waals surface area contributed by atoms with Crippen LogP contribution in [0.1, 0.15) is 29.2 Å². The Hall–Kier alpha value is -5.10. The van der Waals surface area contributed by atoms with Crippen molar-refractivity contribution in [3.05, 3.63) is 110 Å². The molecular weight excluding hydrogens is 556 g/mol. The molecule has 3 aromatic rings.